The highest BCUT2D eigenvalue weighted by Crippen LogP contribution is 2.20. The van der Waals surface area contributed by atoms with Gasteiger partial charge in [-0.15, -0.1) is 0 Å². The molecule has 7 heteroatoms. The van der Waals surface area contributed by atoms with E-state index in [1.165, 1.54) is 19.1 Å². The predicted molar refractivity (Wildman–Crippen MR) is 77.8 cm³/mol. The van der Waals surface area contributed by atoms with E-state index in [0.717, 1.165) is 19.4 Å². The molecule has 1 atom stereocenters. The van der Waals surface area contributed by atoms with Crippen molar-refractivity contribution in [3.63, 3.8) is 0 Å². The van der Waals surface area contributed by atoms with Gasteiger partial charge in [-0.25, -0.2) is 17.5 Å². The minimum absolute atomic E-state index is 0.0352. The number of nitrogens with two attached hydrogens (primary N) is 1. The van der Waals surface area contributed by atoms with Gasteiger partial charge in [0, 0.05) is 25.3 Å². The average Bonchev–Trinajstić information content (AvgIpc) is 2.49. The zero-order chi connectivity index (χ0) is 15.5. The summed E-state index contributed by atoms with van der Waals surface area (Å²) in [6.07, 6.45) is 1.89. The van der Waals surface area contributed by atoms with E-state index in [-0.39, 0.29) is 28.5 Å². The summed E-state index contributed by atoms with van der Waals surface area (Å²) in [5.74, 6) is -0.263. The summed E-state index contributed by atoms with van der Waals surface area (Å²) in [6.45, 7) is 3.13. The topological polar surface area (TPSA) is 81.4 Å². The molecular formula is C14H21FN2O3S. The lowest BCUT2D eigenvalue weighted by molar-refractivity contribution is 0.0568. The van der Waals surface area contributed by atoms with E-state index in [4.69, 9.17) is 10.5 Å². The molecule has 118 valence electrons. The molecule has 0 aliphatic carbocycles. The van der Waals surface area contributed by atoms with E-state index in [1.54, 1.807) is 0 Å². The van der Waals surface area contributed by atoms with Crippen molar-refractivity contribution in [1.82, 2.24) is 4.72 Å². The minimum Gasteiger partial charge on any atom is -0.381 e. The van der Waals surface area contributed by atoms with Crippen molar-refractivity contribution in [2.75, 3.05) is 19.8 Å². The molecule has 0 amide bonds. The largest absolute Gasteiger partial charge is 0.381 e. The van der Waals surface area contributed by atoms with Crippen LogP contribution in [0, 0.1) is 18.7 Å². The van der Waals surface area contributed by atoms with Gasteiger partial charge in [0.25, 0.3) is 0 Å². The Bertz CT molecular complexity index is 598. The van der Waals surface area contributed by atoms with Crippen LogP contribution in [-0.2, 0) is 21.3 Å². The number of hydrogen-bond acceptors (Lipinski definition) is 4. The SMILES string of the molecule is Cc1cc(S(=O)(=O)NCC2CCCOC2)cc(CN)c1F. The Morgan fingerprint density at radius 2 is 2.24 bits per heavy atom. The van der Waals surface area contributed by atoms with Crippen LogP contribution in [0.4, 0.5) is 4.39 Å². The van der Waals surface area contributed by atoms with Gasteiger partial charge in [-0.05, 0) is 43.4 Å². The van der Waals surface area contributed by atoms with Crippen molar-refractivity contribution in [1.29, 1.82) is 0 Å². The molecule has 0 saturated carbocycles. The third-order valence-corrected chi connectivity index (χ3v) is 5.05. The molecule has 1 aliphatic rings. The summed E-state index contributed by atoms with van der Waals surface area (Å²) in [5, 5.41) is 0. The molecule has 0 aromatic heterocycles. The molecule has 1 aliphatic heterocycles. The smallest absolute Gasteiger partial charge is 0.240 e. The lowest BCUT2D eigenvalue weighted by Gasteiger charge is -2.22. The van der Waals surface area contributed by atoms with Crippen molar-refractivity contribution in [2.24, 2.45) is 11.7 Å². The molecule has 1 heterocycles. The van der Waals surface area contributed by atoms with Gasteiger partial charge >= 0.3 is 0 Å². The average molecular weight is 316 g/mol. The van der Waals surface area contributed by atoms with Gasteiger partial charge in [0.2, 0.25) is 10.0 Å². The van der Waals surface area contributed by atoms with E-state index < -0.39 is 15.8 Å². The quantitative estimate of drug-likeness (QED) is 0.858. The molecule has 0 bridgehead atoms. The molecule has 0 spiro atoms. The van der Waals surface area contributed by atoms with Gasteiger partial charge in [-0.3, -0.25) is 0 Å². The fourth-order valence-corrected chi connectivity index (χ4v) is 3.64. The van der Waals surface area contributed by atoms with Crippen LogP contribution >= 0.6 is 0 Å². The van der Waals surface area contributed by atoms with E-state index in [1.807, 2.05) is 0 Å². The monoisotopic (exact) mass is 316 g/mol. The van der Waals surface area contributed by atoms with Crippen molar-refractivity contribution < 1.29 is 17.5 Å². The maximum Gasteiger partial charge on any atom is 0.240 e. The third kappa shape index (κ3) is 4.00. The number of halogens is 1. The maximum atomic E-state index is 13.7. The Morgan fingerprint density at radius 3 is 2.86 bits per heavy atom. The number of nitrogens with one attached hydrogen (secondary N) is 1. The van der Waals surface area contributed by atoms with Crippen molar-refractivity contribution in [3.05, 3.63) is 29.1 Å². The fourth-order valence-electron chi connectivity index (χ4n) is 2.39. The molecule has 3 N–H and O–H groups in total. The molecule has 2 rings (SSSR count). The second-order valence-corrected chi connectivity index (χ2v) is 7.12. The van der Waals surface area contributed by atoms with Crippen molar-refractivity contribution >= 4 is 10.0 Å². The van der Waals surface area contributed by atoms with Gasteiger partial charge < -0.3 is 10.5 Å². The second-order valence-electron chi connectivity index (χ2n) is 5.35. The lowest BCUT2D eigenvalue weighted by Crippen LogP contribution is -2.33. The summed E-state index contributed by atoms with van der Waals surface area (Å²) in [6, 6.07) is 2.62. The van der Waals surface area contributed by atoms with Gasteiger partial charge in [0.15, 0.2) is 0 Å². The molecular weight excluding hydrogens is 295 g/mol. The molecule has 1 fully saturated rings. The van der Waals surface area contributed by atoms with Gasteiger partial charge in [0.1, 0.15) is 5.82 Å². The van der Waals surface area contributed by atoms with Gasteiger partial charge in [-0.1, -0.05) is 0 Å². The first-order valence-electron chi connectivity index (χ1n) is 7.00. The highest BCUT2D eigenvalue weighted by molar-refractivity contribution is 7.89. The molecule has 21 heavy (non-hydrogen) atoms. The maximum absolute atomic E-state index is 13.7. The Morgan fingerprint density at radius 1 is 1.48 bits per heavy atom. The summed E-state index contributed by atoms with van der Waals surface area (Å²) in [7, 11) is -3.66. The van der Waals surface area contributed by atoms with E-state index in [0.29, 0.717) is 13.2 Å². The molecule has 1 aromatic carbocycles. The number of sulfonamides is 1. The predicted octanol–water partition coefficient (Wildman–Crippen LogP) is 1.30. The van der Waals surface area contributed by atoms with Crippen LogP contribution in [0.25, 0.3) is 0 Å². The first kappa shape index (κ1) is 16.4. The normalized spacial score (nSPS) is 19.7. The second kappa shape index (κ2) is 6.83. The van der Waals surface area contributed by atoms with E-state index in [9.17, 15) is 12.8 Å². The number of benzene rings is 1. The first-order valence-corrected chi connectivity index (χ1v) is 8.49. The number of aryl methyl sites for hydroxylation is 1. The van der Waals surface area contributed by atoms with E-state index >= 15 is 0 Å². The van der Waals surface area contributed by atoms with Crippen molar-refractivity contribution in [3.8, 4) is 0 Å². The van der Waals surface area contributed by atoms with Crippen LogP contribution in [-0.4, -0.2) is 28.2 Å². The minimum atomic E-state index is -3.66. The molecule has 1 saturated heterocycles. The van der Waals surface area contributed by atoms with Gasteiger partial charge in [0.05, 0.1) is 11.5 Å². The van der Waals surface area contributed by atoms with Crippen LogP contribution in [0.2, 0.25) is 0 Å². The van der Waals surface area contributed by atoms with Crippen LogP contribution in [0.1, 0.15) is 24.0 Å². The molecule has 0 radical (unpaired) electrons. The Kier molecular flexibility index (Phi) is 5.32. The zero-order valence-electron chi connectivity index (χ0n) is 12.1. The summed E-state index contributed by atoms with van der Waals surface area (Å²) in [4.78, 5) is 0.0542. The third-order valence-electron chi connectivity index (χ3n) is 3.65. The number of ether oxygens (including phenoxy) is 1. The Balaban J connectivity index is 2.13. The van der Waals surface area contributed by atoms with Crippen molar-refractivity contribution in [2.45, 2.75) is 31.2 Å². The standard InChI is InChI=1S/C14H21FN2O3S/c1-10-5-13(6-12(7-16)14(10)15)21(18,19)17-8-11-3-2-4-20-9-11/h5-6,11,17H,2-4,7-9,16H2,1H3. The lowest BCUT2D eigenvalue weighted by atomic mass is 10.0. The molecule has 5 nitrogen and oxygen atoms in total. The summed E-state index contributed by atoms with van der Waals surface area (Å²) in [5.41, 5.74) is 5.93. The van der Waals surface area contributed by atoms with Crippen LogP contribution in [0.5, 0.6) is 0 Å². The van der Waals surface area contributed by atoms with Crippen LogP contribution in [0.3, 0.4) is 0 Å². The zero-order valence-corrected chi connectivity index (χ0v) is 12.9. The van der Waals surface area contributed by atoms with Crippen LogP contribution < -0.4 is 10.5 Å². The molecule has 1 aromatic rings. The highest BCUT2D eigenvalue weighted by Gasteiger charge is 2.21. The van der Waals surface area contributed by atoms with Gasteiger partial charge in [-0.2, -0.15) is 0 Å². The summed E-state index contributed by atoms with van der Waals surface area (Å²) >= 11 is 0. The fraction of sp³-hybridized carbons (Fsp3) is 0.571. The first-order chi connectivity index (χ1) is 9.94. The van der Waals surface area contributed by atoms with E-state index in [2.05, 4.69) is 4.72 Å². The number of hydrogen-bond donors (Lipinski definition) is 2. The molecule has 1 unspecified atom stereocenters. The highest BCUT2D eigenvalue weighted by atomic mass is 32.2. The Labute approximate surface area is 124 Å². The summed E-state index contributed by atoms with van der Waals surface area (Å²) < 4.78 is 46.2. The number of rotatable bonds is 5. The van der Waals surface area contributed by atoms with Crippen LogP contribution in [0.15, 0.2) is 17.0 Å². The Hall–Kier alpha value is -1.02.